The van der Waals surface area contributed by atoms with E-state index in [2.05, 4.69) is 27.7 Å². The van der Waals surface area contributed by atoms with E-state index in [9.17, 15) is 9.59 Å². The predicted molar refractivity (Wildman–Crippen MR) is 93.1 cm³/mol. The van der Waals surface area contributed by atoms with Crippen molar-refractivity contribution in [3.05, 3.63) is 11.5 Å². The Bertz CT molecular complexity index is 752. The highest BCUT2D eigenvalue weighted by molar-refractivity contribution is 5.97. The van der Waals surface area contributed by atoms with Gasteiger partial charge in [-0.2, -0.15) is 0 Å². The average molecular weight is 360 g/mol. The Labute approximate surface area is 154 Å². The first-order chi connectivity index (χ1) is 12.1. The number of rotatable bonds is 0. The maximum absolute atomic E-state index is 13.4. The number of carbonyl (C=O) groups excluding carboxylic acids is 2. The maximum Gasteiger partial charge on any atom is 0.286 e. The third-order valence-corrected chi connectivity index (χ3v) is 8.12. The van der Waals surface area contributed by atoms with E-state index in [1.54, 1.807) is 0 Å². The van der Waals surface area contributed by atoms with Crippen LogP contribution in [0.3, 0.4) is 0 Å². The van der Waals surface area contributed by atoms with Crippen LogP contribution in [-0.2, 0) is 23.8 Å². The molecular weight excluding hydrogens is 332 g/mol. The van der Waals surface area contributed by atoms with Gasteiger partial charge >= 0.3 is 0 Å². The molecule has 5 aliphatic rings. The van der Waals surface area contributed by atoms with Gasteiger partial charge in [-0.3, -0.25) is 9.59 Å². The van der Waals surface area contributed by atoms with Crippen LogP contribution in [0.2, 0.25) is 0 Å². The van der Waals surface area contributed by atoms with Gasteiger partial charge < -0.3 is 14.2 Å². The van der Waals surface area contributed by atoms with Gasteiger partial charge in [0, 0.05) is 17.8 Å². The molecule has 0 aromatic heterocycles. The number of hydrogen-bond acceptors (Lipinski definition) is 5. The van der Waals surface area contributed by atoms with Crippen molar-refractivity contribution in [2.24, 2.45) is 22.7 Å². The second kappa shape index (κ2) is 4.73. The van der Waals surface area contributed by atoms with E-state index in [1.165, 1.54) is 0 Å². The normalized spacial score (nSPS) is 51.3. The van der Waals surface area contributed by atoms with Gasteiger partial charge in [-0.1, -0.05) is 20.8 Å². The molecule has 142 valence electrons. The van der Waals surface area contributed by atoms with Crippen molar-refractivity contribution in [3.63, 3.8) is 0 Å². The highest BCUT2D eigenvalue weighted by Gasteiger charge is 2.74. The average Bonchev–Trinajstić information content (AvgIpc) is 3.32. The van der Waals surface area contributed by atoms with Crippen LogP contribution in [0.15, 0.2) is 11.5 Å². The van der Waals surface area contributed by atoms with Crippen molar-refractivity contribution in [3.8, 4) is 0 Å². The molecule has 0 amide bonds. The summed E-state index contributed by atoms with van der Waals surface area (Å²) in [6.45, 7) is 10.6. The van der Waals surface area contributed by atoms with Gasteiger partial charge in [0.15, 0.2) is 11.6 Å². The molecule has 0 radical (unpaired) electrons. The molecule has 2 saturated carbocycles. The lowest BCUT2D eigenvalue weighted by atomic mass is 9.44. The van der Waals surface area contributed by atoms with Crippen LogP contribution in [0.1, 0.15) is 60.3 Å². The predicted octanol–water partition coefficient (Wildman–Crippen LogP) is 3.16. The van der Waals surface area contributed by atoms with Crippen molar-refractivity contribution in [1.82, 2.24) is 0 Å². The Hall–Kier alpha value is -1.36. The number of fused-ring (bicyclic) bond motifs is 4. The van der Waals surface area contributed by atoms with Gasteiger partial charge in [-0.05, 0) is 44.4 Å². The van der Waals surface area contributed by atoms with E-state index in [-0.39, 0.29) is 47.1 Å². The molecule has 0 unspecified atom stereocenters. The van der Waals surface area contributed by atoms with E-state index >= 15 is 0 Å². The second-order valence-corrected chi connectivity index (χ2v) is 10.0. The first kappa shape index (κ1) is 16.8. The Morgan fingerprint density at radius 1 is 1.04 bits per heavy atom. The first-order valence-corrected chi connectivity index (χ1v) is 9.91. The molecule has 0 N–H and O–H groups in total. The highest BCUT2D eigenvalue weighted by Crippen LogP contribution is 2.67. The van der Waals surface area contributed by atoms with Gasteiger partial charge in [-0.15, -0.1) is 0 Å². The molecule has 5 rings (SSSR count). The zero-order valence-corrected chi connectivity index (χ0v) is 16.3. The molecule has 3 aliphatic heterocycles. The largest absolute Gasteiger partial charge is 0.462 e. The van der Waals surface area contributed by atoms with Gasteiger partial charge in [0.1, 0.15) is 17.8 Å². The fourth-order valence-electron chi connectivity index (χ4n) is 6.69. The lowest BCUT2D eigenvalue weighted by Crippen LogP contribution is -2.65. The Morgan fingerprint density at radius 3 is 2.50 bits per heavy atom. The van der Waals surface area contributed by atoms with Crippen molar-refractivity contribution in [2.75, 3.05) is 0 Å². The zero-order valence-electron chi connectivity index (χ0n) is 16.3. The van der Waals surface area contributed by atoms with E-state index in [1.807, 2.05) is 6.92 Å². The van der Waals surface area contributed by atoms with Gasteiger partial charge in [0.2, 0.25) is 0 Å². The van der Waals surface area contributed by atoms with Gasteiger partial charge in [0.25, 0.3) is 5.95 Å². The lowest BCUT2D eigenvalue weighted by molar-refractivity contribution is -0.207. The minimum absolute atomic E-state index is 0.0228. The number of hydrogen-bond donors (Lipinski definition) is 0. The topological polar surface area (TPSA) is 65.1 Å². The number of ether oxygens (including phenoxy) is 3. The molecular formula is C21H28O5. The molecule has 3 fully saturated rings. The molecule has 3 heterocycles. The summed E-state index contributed by atoms with van der Waals surface area (Å²) in [7, 11) is 0. The molecule has 0 bridgehead atoms. The Morgan fingerprint density at radius 2 is 1.77 bits per heavy atom. The first-order valence-electron chi connectivity index (χ1n) is 9.91. The van der Waals surface area contributed by atoms with Gasteiger partial charge in [-0.25, -0.2) is 0 Å². The molecule has 2 aliphatic carbocycles. The van der Waals surface area contributed by atoms with E-state index in [0.29, 0.717) is 24.4 Å². The summed E-state index contributed by atoms with van der Waals surface area (Å²) in [5, 5.41) is 0. The molecule has 26 heavy (non-hydrogen) atoms. The van der Waals surface area contributed by atoms with E-state index in [4.69, 9.17) is 14.2 Å². The second-order valence-electron chi connectivity index (χ2n) is 10.0. The number of allylic oxidation sites excluding steroid dienone is 1. The quantitative estimate of drug-likeness (QED) is 0.621. The molecule has 1 saturated heterocycles. The standard InChI is InChI=1S/C21H28O5/c1-10-8-12(22)11-9-14-20(4,26-18(11)24-10)7-6-13-19(2,3)17-15(25-17)16(23)21(13,14)5/h10,13-15,17H,6-9H2,1-5H3/t10-,13-,14-,15-,17-,20-,21+/m1/s1. The molecule has 5 heteroatoms. The number of ketones is 2. The van der Waals surface area contributed by atoms with Crippen LogP contribution in [0.4, 0.5) is 0 Å². The van der Waals surface area contributed by atoms with Crippen molar-refractivity contribution in [2.45, 2.75) is 84.2 Å². The monoisotopic (exact) mass is 360 g/mol. The molecule has 5 nitrogen and oxygen atoms in total. The smallest absolute Gasteiger partial charge is 0.286 e. The zero-order chi connectivity index (χ0) is 18.6. The van der Waals surface area contributed by atoms with Crippen LogP contribution < -0.4 is 0 Å². The summed E-state index contributed by atoms with van der Waals surface area (Å²) in [5.74, 6) is 0.958. The van der Waals surface area contributed by atoms with Crippen LogP contribution in [0.5, 0.6) is 0 Å². The Balaban J connectivity index is 1.60. The molecule has 0 spiro atoms. The summed E-state index contributed by atoms with van der Waals surface area (Å²) >= 11 is 0. The van der Waals surface area contributed by atoms with Gasteiger partial charge in [0.05, 0.1) is 11.7 Å². The SMILES string of the molecule is C[C@@H]1CC(=O)C2=C(O1)O[C@]1(C)CC[C@@H]3C(C)(C)[C@@H]4O[C@@H]4C(=O)[C@]3(C)[C@@H]1C2. The van der Waals surface area contributed by atoms with Crippen LogP contribution in [-0.4, -0.2) is 35.5 Å². The minimum Gasteiger partial charge on any atom is -0.462 e. The summed E-state index contributed by atoms with van der Waals surface area (Å²) in [6, 6.07) is 0. The number of Topliss-reactive ketones (excluding diaryl/α,β-unsaturated/α-hetero) is 2. The fourth-order valence-corrected chi connectivity index (χ4v) is 6.69. The van der Waals surface area contributed by atoms with E-state index in [0.717, 1.165) is 12.8 Å². The summed E-state index contributed by atoms with van der Waals surface area (Å²) in [4.78, 5) is 26.0. The van der Waals surface area contributed by atoms with Crippen molar-refractivity contribution in [1.29, 1.82) is 0 Å². The maximum atomic E-state index is 13.4. The number of carbonyl (C=O) groups is 2. The highest BCUT2D eigenvalue weighted by atomic mass is 16.7. The number of epoxide rings is 1. The molecule has 7 atom stereocenters. The van der Waals surface area contributed by atoms with Crippen LogP contribution >= 0.6 is 0 Å². The van der Waals surface area contributed by atoms with Crippen molar-refractivity contribution < 1.29 is 23.8 Å². The summed E-state index contributed by atoms with van der Waals surface area (Å²) in [5.41, 5.74) is -0.396. The van der Waals surface area contributed by atoms with Crippen molar-refractivity contribution >= 4 is 11.6 Å². The summed E-state index contributed by atoms with van der Waals surface area (Å²) in [6.07, 6.45) is 2.39. The summed E-state index contributed by atoms with van der Waals surface area (Å²) < 4.78 is 18.0. The van der Waals surface area contributed by atoms with Crippen LogP contribution in [0.25, 0.3) is 0 Å². The third kappa shape index (κ3) is 1.85. The lowest BCUT2D eigenvalue weighted by Gasteiger charge is -2.61. The minimum atomic E-state index is -0.532. The fraction of sp³-hybridized carbons (Fsp3) is 0.810. The van der Waals surface area contributed by atoms with Crippen LogP contribution in [0, 0.1) is 22.7 Å². The van der Waals surface area contributed by atoms with E-state index < -0.39 is 11.0 Å². The third-order valence-electron chi connectivity index (χ3n) is 8.12. The molecule has 0 aromatic carbocycles. The molecule has 0 aromatic rings. The Kier molecular flexibility index (Phi) is 3.05.